The number of nitro benzene ring substituents is 1. The lowest BCUT2D eigenvalue weighted by Crippen LogP contribution is -2.13. The minimum absolute atomic E-state index is 0.0839. The Bertz CT molecular complexity index is 978. The lowest BCUT2D eigenvalue weighted by atomic mass is 9.98. The van der Waals surface area contributed by atoms with Crippen LogP contribution in [0, 0.1) is 35.3 Å². The number of carbonyl (C=O) groups is 2. The summed E-state index contributed by atoms with van der Waals surface area (Å²) in [6.07, 6.45) is 1.32. The van der Waals surface area contributed by atoms with Crippen LogP contribution in [0.3, 0.4) is 0 Å². The van der Waals surface area contributed by atoms with E-state index in [-0.39, 0.29) is 29.0 Å². The molecule has 1 aromatic carbocycles. The quantitative estimate of drug-likeness (QED) is 0.208. The number of benzene rings is 1. The summed E-state index contributed by atoms with van der Waals surface area (Å²) in [5.41, 5.74) is 1.26. The molecule has 0 unspecified atom stereocenters. The van der Waals surface area contributed by atoms with E-state index in [1.165, 1.54) is 30.3 Å². The van der Waals surface area contributed by atoms with E-state index < -0.39 is 16.7 Å². The predicted molar refractivity (Wildman–Crippen MR) is 97.2 cm³/mol. The van der Waals surface area contributed by atoms with E-state index in [0.717, 1.165) is 0 Å². The van der Waals surface area contributed by atoms with Gasteiger partial charge in [-0.2, -0.15) is 5.26 Å². The zero-order valence-electron chi connectivity index (χ0n) is 15.0. The Morgan fingerprint density at radius 3 is 2.33 bits per heavy atom. The van der Waals surface area contributed by atoms with E-state index in [4.69, 9.17) is 4.74 Å². The number of nitriles is 1. The van der Waals surface area contributed by atoms with Crippen molar-refractivity contribution in [1.29, 1.82) is 5.26 Å². The van der Waals surface area contributed by atoms with Gasteiger partial charge in [0, 0.05) is 23.5 Å². The first-order valence-corrected chi connectivity index (χ1v) is 8.07. The average molecular weight is 367 g/mol. The fraction of sp³-hybridized carbons (Fsp3) is 0.211. The van der Waals surface area contributed by atoms with Gasteiger partial charge in [-0.1, -0.05) is 0 Å². The number of nitrogens with zero attached hydrogens (tertiary/aromatic N) is 2. The van der Waals surface area contributed by atoms with Crippen molar-refractivity contribution in [3.05, 3.63) is 68.0 Å². The number of hydrogen-bond donors (Lipinski definition) is 1. The van der Waals surface area contributed by atoms with Crippen molar-refractivity contribution in [1.82, 2.24) is 4.98 Å². The summed E-state index contributed by atoms with van der Waals surface area (Å²) in [6, 6.07) is 7.26. The molecule has 138 valence electrons. The fourth-order valence-corrected chi connectivity index (χ4v) is 2.67. The normalized spacial score (nSPS) is 11.0. The van der Waals surface area contributed by atoms with Crippen LogP contribution in [0.2, 0.25) is 0 Å². The number of ether oxygens (including phenoxy) is 1. The van der Waals surface area contributed by atoms with Gasteiger partial charge in [-0.05, 0) is 44.5 Å². The molecule has 27 heavy (non-hydrogen) atoms. The summed E-state index contributed by atoms with van der Waals surface area (Å²) in [6.45, 7) is 5.08. The zero-order chi connectivity index (χ0) is 20.1. The largest absolute Gasteiger partial charge is 0.462 e. The smallest absolute Gasteiger partial charge is 0.340 e. The first-order valence-electron chi connectivity index (χ1n) is 8.07. The monoisotopic (exact) mass is 367 g/mol. The van der Waals surface area contributed by atoms with Crippen LogP contribution >= 0.6 is 0 Å². The zero-order valence-corrected chi connectivity index (χ0v) is 15.0. The van der Waals surface area contributed by atoms with Gasteiger partial charge >= 0.3 is 5.97 Å². The highest BCUT2D eigenvalue weighted by atomic mass is 16.6. The minimum atomic E-state index is -0.643. The van der Waals surface area contributed by atoms with Crippen molar-refractivity contribution < 1.29 is 19.2 Å². The Morgan fingerprint density at radius 1 is 1.22 bits per heavy atom. The van der Waals surface area contributed by atoms with Crippen molar-refractivity contribution in [2.75, 3.05) is 6.61 Å². The fourth-order valence-electron chi connectivity index (χ4n) is 2.67. The lowest BCUT2D eigenvalue weighted by Gasteiger charge is -2.05. The second-order valence-electron chi connectivity index (χ2n) is 5.69. The van der Waals surface area contributed by atoms with Crippen LogP contribution in [0.5, 0.6) is 0 Å². The van der Waals surface area contributed by atoms with Crippen LogP contribution in [0.4, 0.5) is 5.69 Å². The third-order valence-electron chi connectivity index (χ3n) is 3.86. The molecule has 0 aliphatic carbocycles. The first kappa shape index (κ1) is 19.6. The second-order valence-corrected chi connectivity index (χ2v) is 5.69. The Hall–Kier alpha value is -3.73. The van der Waals surface area contributed by atoms with E-state index in [9.17, 15) is 25.0 Å². The second kappa shape index (κ2) is 8.10. The number of H-pyrrole nitrogens is 1. The van der Waals surface area contributed by atoms with E-state index in [0.29, 0.717) is 17.0 Å². The molecule has 0 saturated heterocycles. The van der Waals surface area contributed by atoms with Gasteiger partial charge in [-0.15, -0.1) is 0 Å². The number of Topliss-reactive ketones (excluding diaryl/α,β-unsaturated/α-hetero) is 1. The van der Waals surface area contributed by atoms with E-state index in [1.54, 1.807) is 20.8 Å². The van der Waals surface area contributed by atoms with Crippen molar-refractivity contribution in [3.63, 3.8) is 0 Å². The minimum Gasteiger partial charge on any atom is -0.462 e. The average Bonchev–Trinajstić information content (AvgIpc) is 2.93. The summed E-state index contributed by atoms with van der Waals surface area (Å²) in [5, 5.41) is 20.1. The molecular weight excluding hydrogens is 350 g/mol. The van der Waals surface area contributed by atoms with E-state index in [1.807, 2.05) is 6.07 Å². The highest BCUT2D eigenvalue weighted by molar-refractivity contribution is 6.19. The summed E-state index contributed by atoms with van der Waals surface area (Å²) in [5.74, 6) is -1.27. The first-order chi connectivity index (χ1) is 12.8. The maximum Gasteiger partial charge on any atom is 0.340 e. The molecule has 1 heterocycles. The Balaban J connectivity index is 2.47. The van der Waals surface area contributed by atoms with Crippen LogP contribution in [0.1, 0.15) is 44.6 Å². The third-order valence-corrected chi connectivity index (χ3v) is 3.86. The van der Waals surface area contributed by atoms with Crippen LogP contribution in [0.25, 0.3) is 6.08 Å². The number of aromatic amines is 1. The van der Waals surface area contributed by atoms with Crippen molar-refractivity contribution in [2.24, 2.45) is 0 Å². The van der Waals surface area contributed by atoms with Gasteiger partial charge in [0.1, 0.15) is 11.6 Å². The SMILES string of the molecule is CCOC(=O)c1c(C)[nH]c(C)c1C(=O)/C(C#N)=C/c1ccc([N+](=O)[O-])cc1. The number of hydrogen-bond acceptors (Lipinski definition) is 6. The molecule has 0 spiro atoms. The molecule has 1 aromatic heterocycles. The molecule has 0 radical (unpaired) electrons. The number of aryl methyl sites for hydroxylation is 2. The van der Waals surface area contributed by atoms with Crippen LogP contribution in [0.15, 0.2) is 29.8 Å². The number of nitro groups is 1. The van der Waals surface area contributed by atoms with Crippen molar-refractivity contribution >= 4 is 23.5 Å². The molecule has 0 bridgehead atoms. The Labute approximate surface area is 155 Å². The lowest BCUT2D eigenvalue weighted by molar-refractivity contribution is -0.384. The van der Waals surface area contributed by atoms with Gasteiger partial charge in [0.05, 0.1) is 22.7 Å². The molecule has 2 rings (SSSR count). The van der Waals surface area contributed by atoms with Gasteiger partial charge in [-0.25, -0.2) is 4.79 Å². The van der Waals surface area contributed by atoms with Crippen molar-refractivity contribution in [2.45, 2.75) is 20.8 Å². The number of aromatic nitrogens is 1. The molecule has 1 N–H and O–H groups in total. The highest BCUT2D eigenvalue weighted by Crippen LogP contribution is 2.24. The van der Waals surface area contributed by atoms with Crippen LogP contribution in [-0.4, -0.2) is 28.3 Å². The predicted octanol–water partition coefficient (Wildman–Crippen LogP) is 3.51. The maximum atomic E-state index is 12.9. The van der Waals surface area contributed by atoms with Gasteiger partial charge < -0.3 is 9.72 Å². The summed E-state index contributed by atoms with van der Waals surface area (Å²) in [7, 11) is 0. The summed E-state index contributed by atoms with van der Waals surface area (Å²) in [4.78, 5) is 38.2. The summed E-state index contributed by atoms with van der Waals surface area (Å²) < 4.78 is 5.00. The topological polar surface area (TPSA) is 126 Å². The van der Waals surface area contributed by atoms with E-state index >= 15 is 0 Å². The molecule has 0 aliphatic heterocycles. The molecule has 0 aliphatic rings. The number of nitrogens with one attached hydrogen (secondary N) is 1. The molecule has 2 aromatic rings. The maximum absolute atomic E-state index is 12.9. The van der Waals surface area contributed by atoms with Crippen LogP contribution < -0.4 is 0 Å². The van der Waals surface area contributed by atoms with Gasteiger partial charge in [0.25, 0.3) is 5.69 Å². The van der Waals surface area contributed by atoms with Crippen molar-refractivity contribution in [3.8, 4) is 6.07 Å². The number of allylic oxidation sites excluding steroid dienone is 1. The molecule has 0 amide bonds. The molecule has 0 atom stereocenters. The highest BCUT2D eigenvalue weighted by Gasteiger charge is 2.27. The number of non-ortho nitro benzene ring substituents is 1. The molecule has 8 heteroatoms. The van der Waals surface area contributed by atoms with Gasteiger partial charge in [0.15, 0.2) is 0 Å². The molecular formula is C19H17N3O5. The molecule has 0 fully saturated rings. The van der Waals surface area contributed by atoms with Crippen LogP contribution in [-0.2, 0) is 4.74 Å². The molecule has 0 saturated carbocycles. The molecule has 8 nitrogen and oxygen atoms in total. The standard InChI is InChI=1S/C19H17N3O5/c1-4-27-19(24)17-12(3)21-11(2)16(17)18(23)14(10-20)9-13-5-7-15(8-6-13)22(25)26/h5-9,21H,4H2,1-3H3/b14-9+. The number of rotatable bonds is 6. The number of ketones is 1. The summed E-state index contributed by atoms with van der Waals surface area (Å²) >= 11 is 0. The third kappa shape index (κ3) is 4.10. The van der Waals surface area contributed by atoms with Gasteiger partial charge in [0.2, 0.25) is 5.78 Å². The number of esters is 1. The van der Waals surface area contributed by atoms with Gasteiger partial charge in [-0.3, -0.25) is 14.9 Å². The van der Waals surface area contributed by atoms with E-state index in [2.05, 4.69) is 4.98 Å². The number of carbonyl (C=O) groups excluding carboxylic acids is 2. The Kier molecular flexibility index (Phi) is 5.88. The Morgan fingerprint density at radius 2 is 1.81 bits per heavy atom.